The van der Waals surface area contributed by atoms with Gasteiger partial charge in [-0.1, -0.05) is 60.1 Å². The second-order valence-electron chi connectivity index (χ2n) is 7.32. The summed E-state index contributed by atoms with van der Waals surface area (Å²) in [6.45, 7) is 1.64. The Bertz CT molecular complexity index is 1110. The highest BCUT2D eigenvalue weighted by atomic mass is 35.5. The molecule has 1 N–H and O–H groups in total. The van der Waals surface area contributed by atoms with Crippen molar-refractivity contribution in [2.75, 3.05) is 13.1 Å². The summed E-state index contributed by atoms with van der Waals surface area (Å²) in [7, 11) is 0. The molecule has 0 aliphatic carbocycles. The van der Waals surface area contributed by atoms with Crippen molar-refractivity contribution in [1.29, 1.82) is 0 Å². The molecular weight excluding hydrogens is 423 g/mol. The maximum Gasteiger partial charge on any atom is 0.419 e. The molecular formula is C25H21ClF3NO. The molecule has 0 saturated carbocycles. The van der Waals surface area contributed by atoms with E-state index < -0.39 is 11.7 Å². The zero-order valence-corrected chi connectivity index (χ0v) is 17.4. The number of para-hydroxylation sites is 1. The molecule has 1 heterocycles. The highest BCUT2D eigenvalue weighted by Crippen LogP contribution is 2.37. The normalized spacial score (nSPS) is 14.3. The van der Waals surface area contributed by atoms with Crippen molar-refractivity contribution in [1.82, 2.24) is 5.32 Å². The molecule has 160 valence electrons. The van der Waals surface area contributed by atoms with Gasteiger partial charge in [0.25, 0.3) is 0 Å². The lowest BCUT2D eigenvalue weighted by atomic mass is 9.92. The Balaban J connectivity index is 1.72. The number of hydrogen-bond acceptors (Lipinski definition) is 2. The van der Waals surface area contributed by atoms with Gasteiger partial charge in [0.05, 0.1) is 5.56 Å². The van der Waals surface area contributed by atoms with Crippen molar-refractivity contribution in [3.63, 3.8) is 0 Å². The minimum Gasteiger partial charge on any atom is -0.488 e. The number of hydrogen-bond donors (Lipinski definition) is 1. The van der Waals surface area contributed by atoms with Crippen LogP contribution in [0.15, 0.2) is 72.8 Å². The highest BCUT2D eigenvalue weighted by Gasteiger charge is 2.34. The zero-order valence-electron chi connectivity index (χ0n) is 16.7. The van der Waals surface area contributed by atoms with E-state index in [0.29, 0.717) is 5.02 Å². The third-order valence-corrected chi connectivity index (χ3v) is 5.61. The fourth-order valence-corrected chi connectivity index (χ4v) is 3.98. The molecule has 0 radical (unpaired) electrons. The van der Waals surface area contributed by atoms with Gasteiger partial charge in [0.1, 0.15) is 12.4 Å². The number of rotatable bonds is 5. The van der Waals surface area contributed by atoms with E-state index in [0.717, 1.165) is 53.4 Å². The van der Waals surface area contributed by atoms with Crippen LogP contribution in [0.5, 0.6) is 5.75 Å². The van der Waals surface area contributed by atoms with Gasteiger partial charge >= 0.3 is 6.18 Å². The van der Waals surface area contributed by atoms with Gasteiger partial charge in [-0.2, -0.15) is 13.2 Å². The highest BCUT2D eigenvalue weighted by molar-refractivity contribution is 6.33. The average molecular weight is 444 g/mol. The Kier molecular flexibility index (Phi) is 6.35. The van der Waals surface area contributed by atoms with Gasteiger partial charge in [-0.15, -0.1) is 0 Å². The van der Waals surface area contributed by atoms with Crippen molar-refractivity contribution in [3.05, 3.63) is 94.5 Å². The topological polar surface area (TPSA) is 21.3 Å². The van der Waals surface area contributed by atoms with E-state index in [4.69, 9.17) is 16.3 Å². The molecule has 1 aliphatic heterocycles. The Hall–Kier alpha value is -2.76. The van der Waals surface area contributed by atoms with Crippen LogP contribution >= 0.6 is 11.6 Å². The van der Waals surface area contributed by atoms with Crippen molar-refractivity contribution in [2.24, 2.45) is 0 Å². The second-order valence-corrected chi connectivity index (χ2v) is 7.73. The van der Waals surface area contributed by atoms with Gasteiger partial charge in [0, 0.05) is 17.1 Å². The summed E-state index contributed by atoms with van der Waals surface area (Å²) in [6, 6.07) is 18.7. The summed E-state index contributed by atoms with van der Waals surface area (Å²) in [5.41, 5.74) is 3.95. The lowest BCUT2D eigenvalue weighted by molar-refractivity contribution is -0.139. The first kappa shape index (κ1) is 21.5. The van der Waals surface area contributed by atoms with Crippen LogP contribution < -0.4 is 10.1 Å². The van der Waals surface area contributed by atoms with E-state index in [-0.39, 0.29) is 12.4 Å². The molecule has 0 spiro atoms. The van der Waals surface area contributed by atoms with Crippen molar-refractivity contribution in [2.45, 2.75) is 19.2 Å². The van der Waals surface area contributed by atoms with Gasteiger partial charge in [0.2, 0.25) is 0 Å². The summed E-state index contributed by atoms with van der Waals surface area (Å²) in [5.74, 6) is -0.177. The monoisotopic (exact) mass is 443 g/mol. The molecule has 0 bridgehead atoms. The molecule has 0 saturated heterocycles. The van der Waals surface area contributed by atoms with E-state index in [1.54, 1.807) is 6.07 Å². The quantitative estimate of drug-likeness (QED) is 0.459. The average Bonchev–Trinajstić information content (AvgIpc) is 2.78. The van der Waals surface area contributed by atoms with Crippen molar-refractivity contribution in [3.8, 4) is 16.9 Å². The van der Waals surface area contributed by atoms with Crippen LogP contribution in [0.2, 0.25) is 5.02 Å². The maximum atomic E-state index is 13.4. The predicted octanol–water partition coefficient (Wildman–Crippen LogP) is 6.98. The van der Waals surface area contributed by atoms with Gasteiger partial charge in [0.15, 0.2) is 0 Å². The first-order valence-corrected chi connectivity index (χ1v) is 10.4. The molecule has 4 rings (SSSR count). The number of benzene rings is 3. The fourth-order valence-electron chi connectivity index (χ4n) is 3.74. The summed E-state index contributed by atoms with van der Waals surface area (Å²) >= 11 is 6.37. The molecule has 0 aromatic heterocycles. The van der Waals surface area contributed by atoms with Crippen LogP contribution in [0.4, 0.5) is 13.2 Å². The molecule has 0 amide bonds. The Morgan fingerprint density at radius 2 is 1.71 bits per heavy atom. The molecule has 0 fully saturated rings. The molecule has 1 aliphatic rings. The van der Waals surface area contributed by atoms with E-state index in [9.17, 15) is 13.2 Å². The molecule has 0 unspecified atom stereocenters. The zero-order chi connectivity index (χ0) is 21.8. The van der Waals surface area contributed by atoms with Crippen LogP contribution in [0.3, 0.4) is 0 Å². The minimum atomic E-state index is -4.48. The van der Waals surface area contributed by atoms with E-state index in [1.165, 1.54) is 12.1 Å². The first-order valence-electron chi connectivity index (χ1n) is 10.0. The summed E-state index contributed by atoms with van der Waals surface area (Å²) < 4.78 is 45.8. The van der Waals surface area contributed by atoms with Crippen molar-refractivity contribution < 1.29 is 17.9 Å². The van der Waals surface area contributed by atoms with Crippen LogP contribution in [-0.2, 0) is 12.8 Å². The van der Waals surface area contributed by atoms with Crippen molar-refractivity contribution >= 4 is 17.2 Å². The lowest BCUT2D eigenvalue weighted by Gasteiger charge is -2.20. The SMILES string of the molecule is FC(F)(F)c1ccccc1OCc1cc(-c2ccccc2Cl)ccc1C1=CCNCC1. The molecule has 6 heteroatoms. The molecule has 0 atom stereocenters. The second kappa shape index (κ2) is 9.16. The van der Waals surface area contributed by atoms with Gasteiger partial charge < -0.3 is 10.1 Å². The van der Waals surface area contributed by atoms with Crippen LogP contribution in [0.1, 0.15) is 23.1 Å². The molecule has 31 heavy (non-hydrogen) atoms. The summed E-state index contributed by atoms with van der Waals surface area (Å²) in [5, 5.41) is 3.90. The van der Waals surface area contributed by atoms with E-state index >= 15 is 0 Å². The van der Waals surface area contributed by atoms with Gasteiger partial charge in [-0.05, 0) is 59.5 Å². The van der Waals surface area contributed by atoms with E-state index in [2.05, 4.69) is 11.4 Å². The minimum absolute atomic E-state index is 0.0193. The number of alkyl halides is 3. The predicted molar refractivity (Wildman–Crippen MR) is 118 cm³/mol. The standard InChI is InChI=1S/C25H21ClF3NO/c26-23-7-3-1-5-21(23)18-9-10-20(17-11-13-30-14-12-17)19(15-18)16-31-24-8-4-2-6-22(24)25(27,28)29/h1-11,15,30H,12-14,16H2. The van der Waals surface area contributed by atoms with Crippen LogP contribution in [-0.4, -0.2) is 13.1 Å². The molecule has 3 aromatic rings. The molecule has 2 nitrogen and oxygen atoms in total. The Morgan fingerprint density at radius 1 is 0.935 bits per heavy atom. The van der Waals surface area contributed by atoms with Gasteiger partial charge in [-0.3, -0.25) is 0 Å². The number of halogens is 4. The van der Waals surface area contributed by atoms with E-state index in [1.807, 2.05) is 42.5 Å². The largest absolute Gasteiger partial charge is 0.488 e. The maximum absolute atomic E-state index is 13.4. The Morgan fingerprint density at radius 3 is 2.45 bits per heavy atom. The lowest BCUT2D eigenvalue weighted by Crippen LogP contribution is -2.20. The fraction of sp³-hybridized carbons (Fsp3) is 0.200. The third-order valence-electron chi connectivity index (χ3n) is 5.28. The van der Waals surface area contributed by atoms with Gasteiger partial charge in [-0.25, -0.2) is 0 Å². The molecule has 3 aromatic carbocycles. The summed E-state index contributed by atoms with van der Waals surface area (Å²) in [6.07, 6.45) is -1.52. The Labute approximate surface area is 184 Å². The third kappa shape index (κ3) is 4.94. The smallest absolute Gasteiger partial charge is 0.419 e. The first-order chi connectivity index (χ1) is 14.9. The van der Waals surface area contributed by atoms with Crippen LogP contribution in [0, 0.1) is 0 Å². The summed E-state index contributed by atoms with van der Waals surface area (Å²) in [4.78, 5) is 0. The number of ether oxygens (including phenoxy) is 1. The number of nitrogens with one attached hydrogen (secondary N) is 1. The van der Waals surface area contributed by atoms with Crippen LogP contribution in [0.25, 0.3) is 16.7 Å².